The molecule has 1 aliphatic heterocycles. The van der Waals surface area contributed by atoms with Crippen LogP contribution in [-0.4, -0.2) is 99.3 Å². The van der Waals surface area contributed by atoms with Gasteiger partial charge in [-0.2, -0.15) is 13.2 Å². The molecule has 1 heterocycles. The van der Waals surface area contributed by atoms with Gasteiger partial charge < -0.3 is 33.1 Å². The molecule has 162 valence electrons. The zero-order valence-corrected chi connectivity index (χ0v) is 16.6. The largest absolute Gasteiger partial charge is 1.00 e. The van der Waals surface area contributed by atoms with Gasteiger partial charge in [-0.1, -0.05) is 0 Å². The number of alkyl halides is 3. The van der Waals surface area contributed by atoms with Crippen molar-refractivity contribution in [3.8, 4) is 0 Å². The Labute approximate surface area is 174 Å². The third-order valence-corrected chi connectivity index (χ3v) is 4.19. The van der Waals surface area contributed by atoms with Crippen LogP contribution < -0.4 is 18.9 Å². The van der Waals surface area contributed by atoms with Crippen molar-refractivity contribution in [2.75, 3.05) is 79.2 Å². The molecule has 0 saturated carbocycles. The van der Waals surface area contributed by atoms with Crippen LogP contribution in [-0.2, 0) is 38.4 Å². The van der Waals surface area contributed by atoms with Gasteiger partial charge in [0.05, 0.1) is 78.8 Å². The minimum atomic E-state index is -5.57. The Kier molecular flexibility index (Phi) is 15.9. The molecule has 1 unspecified atom stereocenters. The average Bonchev–Trinajstić information content (AvgIpc) is 2.59. The fourth-order valence-corrected chi connectivity index (χ4v) is 2.29. The molecule has 14 heteroatoms. The molecular weight excluding hydrogens is 406 g/mol. The topological polar surface area (TPSA) is 104 Å². The van der Waals surface area contributed by atoms with Crippen molar-refractivity contribution < 1.29 is 68.9 Å². The van der Waals surface area contributed by atoms with Crippen LogP contribution >= 0.6 is 0 Å². The molecule has 28 heavy (non-hydrogen) atoms. The summed E-state index contributed by atoms with van der Waals surface area (Å²) < 4.78 is 93.5. The fraction of sp³-hybridized carbons (Fsp3) is 1.00. The minimum absolute atomic E-state index is 0. The molecule has 0 bridgehead atoms. The molecule has 0 spiro atoms. The maximum absolute atomic E-state index is 12.4. The van der Waals surface area contributed by atoms with E-state index in [1.54, 1.807) is 0 Å². The van der Waals surface area contributed by atoms with Crippen molar-refractivity contribution in [3.63, 3.8) is 0 Å². The number of hydrogen-bond donors (Lipinski definition) is 0. The molecule has 1 atom stereocenters. The third-order valence-electron chi connectivity index (χ3n) is 3.11. The van der Waals surface area contributed by atoms with E-state index in [0.717, 1.165) is 0 Å². The van der Waals surface area contributed by atoms with Crippen LogP contribution in [0.25, 0.3) is 4.72 Å². The van der Waals surface area contributed by atoms with E-state index in [1.807, 2.05) is 0 Å². The van der Waals surface area contributed by atoms with E-state index in [9.17, 15) is 21.6 Å². The molecule has 0 aromatic heterocycles. The second-order valence-electron chi connectivity index (χ2n) is 5.25. The van der Waals surface area contributed by atoms with Gasteiger partial charge in [-0.15, -0.1) is 6.54 Å². The van der Waals surface area contributed by atoms with Crippen LogP contribution in [0.15, 0.2) is 0 Å². The Balaban J connectivity index is 0.00000729. The quantitative estimate of drug-likeness (QED) is 0.460. The molecule has 0 aromatic rings. The first-order valence-electron chi connectivity index (χ1n) is 8.33. The van der Waals surface area contributed by atoms with Crippen LogP contribution in [0.1, 0.15) is 0 Å². The normalized spacial score (nSPS) is 23.2. The van der Waals surface area contributed by atoms with E-state index in [1.165, 1.54) is 0 Å². The number of hydrogen-bond acceptors (Lipinski definition) is 8. The van der Waals surface area contributed by atoms with Crippen LogP contribution in [0.5, 0.6) is 0 Å². The van der Waals surface area contributed by atoms with Crippen LogP contribution in [0, 0.1) is 0 Å². The number of rotatable bonds is 3. The molecule has 1 saturated heterocycles. The summed E-state index contributed by atoms with van der Waals surface area (Å²) in [5.41, 5.74) is -5.44. The van der Waals surface area contributed by atoms with Crippen LogP contribution in [0.3, 0.4) is 0 Å². The predicted octanol–water partition coefficient (Wildman–Crippen LogP) is -2.30. The Morgan fingerprint density at radius 3 is 1.57 bits per heavy atom. The van der Waals surface area contributed by atoms with Gasteiger partial charge in [0, 0.05) is 0 Å². The Morgan fingerprint density at radius 1 is 0.750 bits per heavy atom. The SMILES string of the molecule is O=S(=O)([N-]CC1COCCOCCOCCOCCOCCO1)C(F)(F)F.[Li+]. The Hall–Kier alpha value is 0.0574. The molecule has 1 aliphatic rings. The van der Waals surface area contributed by atoms with Gasteiger partial charge >= 0.3 is 24.4 Å². The number of nitrogens with zero attached hydrogens (tertiary/aromatic N) is 1. The number of ether oxygens (including phenoxy) is 6. The fourth-order valence-electron chi connectivity index (χ4n) is 1.78. The summed E-state index contributed by atoms with van der Waals surface area (Å²) in [4.78, 5) is 0. The van der Waals surface area contributed by atoms with Crippen molar-refractivity contribution in [2.45, 2.75) is 11.6 Å². The summed E-state index contributed by atoms with van der Waals surface area (Å²) in [6, 6.07) is 0. The first kappa shape index (κ1) is 28.1. The van der Waals surface area contributed by atoms with Gasteiger partial charge in [-0.25, -0.2) is 8.42 Å². The van der Waals surface area contributed by atoms with Crippen molar-refractivity contribution in [3.05, 3.63) is 4.72 Å². The summed E-state index contributed by atoms with van der Waals surface area (Å²) in [7, 11) is -5.57. The molecule has 0 amide bonds. The van der Waals surface area contributed by atoms with Crippen molar-refractivity contribution in [1.29, 1.82) is 0 Å². The standard InChI is InChI=1S/C14H25F3NO8S.Li/c15-14(16,17)27(19,20)18-11-13-12-25-8-7-23-4-3-21-1-2-22-5-6-24-9-10-26-13;/h13H,1-12H2;/q-1;+1. The smallest absolute Gasteiger partial charge is 0.539 e. The molecular formula is C14H25F3LiNO8S. The Bertz CT molecular complexity index is 466. The zero-order chi connectivity index (χ0) is 20.0. The van der Waals surface area contributed by atoms with E-state index in [0.29, 0.717) is 39.6 Å². The van der Waals surface area contributed by atoms with Gasteiger partial charge in [-0.05, 0) is 0 Å². The van der Waals surface area contributed by atoms with Crippen LogP contribution in [0.4, 0.5) is 13.2 Å². The van der Waals surface area contributed by atoms with E-state index in [4.69, 9.17) is 28.4 Å². The summed E-state index contributed by atoms with van der Waals surface area (Å²) in [6.07, 6.45) is -0.968. The number of sulfonamides is 1. The molecule has 9 nitrogen and oxygen atoms in total. The Morgan fingerprint density at radius 2 is 1.14 bits per heavy atom. The molecule has 0 N–H and O–H groups in total. The summed E-state index contributed by atoms with van der Waals surface area (Å²) in [6.45, 7) is 2.01. The first-order chi connectivity index (χ1) is 12.8. The van der Waals surface area contributed by atoms with E-state index in [-0.39, 0.29) is 51.9 Å². The van der Waals surface area contributed by atoms with Crippen molar-refractivity contribution in [2.24, 2.45) is 0 Å². The minimum Gasteiger partial charge on any atom is -0.539 e. The van der Waals surface area contributed by atoms with E-state index < -0.39 is 28.2 Å². The maximum Gasteiger partial charge on any atom is 1.00 e. The summed E-state index contributed by atoms with van der Waals surface area (Å²) in [5, 5.41) is 0. The monoisotopic (exact) mass is 431 g/mol. The van der Waals surface area contributed by atoms with Crippen molar-refractivity contribution in [1.82, 2.24) is 0 Å². The molecule has 0 aliphatic carbocycles. The van der Waals surface area contributed by atoms with Gasteiger partial charge in [0.2, 0.25) is 0 Å². The maximum atomic E-state index is 12.4. The predicted molar refractivity (Wildman–Crippen MR) is 87.0 cm³/mol. The number of halogens is 3. The van der Waals surface area contributed by atoms with Gasteiger partial charge in [0.15, 0.2) is 10.0 Å². The third kappa shape index (κ3) is 13.3. The molecule has 0 radical (unpaired) electrons. The average molecular weight is 431 g/mol. The van der Waals surface area contributed by atoms with Crippen LogP contribution in [0.2, 0.25) is 0 Å². The second kappa shape index (κ2) is 15.8. The van der Waals surface area contributed by atoms with E-state index in [2.05, 4.69) is 4.72 Å². The zero-order valence-electron chi connectivity index (χ0n) is 15.8. The molecule has 0 aromatic carbocycles. The van der Waals surface area contributed by atoms with Crippen molar-refractivity contribution >= 4 is 10.0 Å². The molecule has 1 fully saturated rings. The summed E-state index contributed by atoms with van der Waals surface area (Å²) in [5.74, 6) is 0. The van der Waals surface area contributed by atoms with Gasteiger partial charge in [0.25, 0.3) is 0 Å². The first-order valence-corrected chi connectivity index (χ1v) is 9.77. The summed E-state index contributed by atoms with van der Waals surface area (Å²) >= 11 is 0. The van der Waals surface area contributed by atoms with E-state index >= 15 is 0 Å². The van der Waals surface area contributed by atoms with Gasteiger partial charge in [0.1, 0.15) is 0 Å². The molecule has 1 rings (SSSR count). The van der Waals surface area contributed by atoms with Gasteiger partial charge in [-0.3, -0.25) is 0 Å². The second-order valence-corrected chi connectivity index (χ2v) is 6.92.